The summed E-state index contributed by atoms with van der Waals surface area (Å²) in [5.41, 5.74) is 1.64. The number of amides is 1. The second-order valence-electron chi connectivity index (χ2n) is 5.43. The molecule has 1 aromatic carbocycles. The Balaban J connectivity index is 1.54. The Bertz CT molecular complexity index is 909. The fraction of sp³-hybridized carbons (Fsp3) is 0.167. The number of anilines is 1. The molecule has 3 aromatic rings. The van der Waals surface area contributed by atoms with Gasteiger partial charge in [0.15, 0.2) is 6.10 Å². The number of nitrogens with one attached hydrogen (secondary N) is 1. The van der Waals surface area contributed by atoms with Gasteiger partial charge in [0.25, 0.3) is 5.91 Å². The maximum absolute atomic E-state index is 13.6. The molecule has 0 spiro atoms. The van der Waals surface area contributed by atoms with Crippen LogP contribution in [0.15, 0.2) is 46.5 Å². The Hall–Kier alpha value is -2.58. The molecular weight excluding hydrogens is 375 g/mol. The van der Waals surface area contributed by atoms with Gasteiger partial charge in [-0.1, -0.05) is 12.1 Å². The van der Waals surface area contributed by atoms with Gasteiger partial charge in [0.1, 0.15) is 10.8 Å². The summed E-state index contributed by atoms with van der Waals surface area (Å²) in [6, 6.07) is 7.75. The van der Waals surface area contributed by atoms with E-state index in [-0.39, 0.29) is 12.1 Å². The van der Waals surface area contributed by atoms with Gasteiger partial charge >= 0.3 is 5.97 Å². The highest BCUT2D eigenvalue weighted by Crippen LogP contribution is 2.26. The maximum Gasteiger partial charge on any atom is 0.312 e. The van der Waals surface area contributed by atoms with Crippen LogP contribution in [0.1, 0.15) is 12.6 Å². The molecule has 134 valence electrons. The first-order valence-electron chi connectivity index (χ1n) is 7.75. The summed E-state index contributed by atoms with van der Waals surface area (Å²) in [5, 5.41) is 8.96. The number of esters is 1. The normalized spacial score (nSPS) is 11.8. The molecule has 0 radical (unpaired) electrons. The molecule has 0 bridgehead atoms. The van der Waals surface area contributed by atoms with Gasteiger partial charge in [0.2, 0.25) is 0 Å². The summed E-state index contributed by atoms with van der Waals surface area (Å²) < 4.78 is 18.7. The molecule has 1 amide bonds. The number of para-hydroxylation sites is 1. The summed E-state index contributed by atoms with van der Waals surface area (Å²) in [6.45, 7) is 1.44. The van der Waals surface area contributed by atoms with Crippen molar-refractivity contribution in [1.29, 1.82) is 0 Å². The number of carbonyl (C=O) groups excluding carboxylic acids is 2. The van der Waals surface area contributed by atoms with Gasteiger partial charge in [-0.2, -0.15) is 11.3 Å². The van der Waals surface area contributed by atoms with Gasteiger partial charge in [-0.05, 0) is 30.5 Å². The average molecular weight is 390 g/mol. The predicted molar refractivity (Wildman–Crippen MR) is 99.7 cm³/mol. The van der Waals surface area contributed by atoms with Gasteiger partial charge in [-0.15, -0.1) is 11.3 Å². The van der Waals surface area contributed by atoms with Crippen LogP contribution in [-0.4, -0.2) is 23.0 Å². The highest BCUT2D eigenvalue weighted by atomic mass is 32.1. The zero-order valence-corrected chi connectivity index (χ0v) is 15.4. The van der Waals surface area contributed by atoms with Crippen LogP contribution in [0.2, 0.25) is 0 Å². The number of aromatic nitrogens is 1. The largest absolute Gasteiger partial charge is 0.452 e. The first kappa shape index (κ1) is 18.2. The monoisotopic (exact) mass is 390 g/mol. The molecular formula is C18H15FN2O3S2. The van der Waals surface area contributed by atoms with E-state index in [2.05, 4.69) is 10.3 Å². The van der Waals surface area contributed by atoms with Crippen LogP contribution in [-0.2, 0) is 20.7 Å². The number of thiophene rings is 1. The quantitative estimate of drug-likeness (QED) is 0.643. The molecule has 1 N–H and O–H groups in total. The zero-order chi connectivity index (χ0) is 18.5. The number of carbonyl (C=O) groups is 2. The Morgan fingerprint density at radius 3 is 2.81 bits per heavy atom. The number of ether oxygens (including phenoxy) is 1. The van der Waals surface area contributed by atoms with Gasteiger partial charge in [0, 0.05) is 16.3 Å². The summed E-state index contributed by atoms with van der Waals surface area (Å²) in [7, 11) is 0. The number of hydrogen-bond acceptors (Lipinski definition) is 6. The minimum absolute atomic E-state index is 0.0298. The second-order valence-corrected chi connectivity index (χ2v) is 7.07. The molecule has 0 aliphatic carbocycles. The highest BCUT2D eigenvalue weighted by molar-refractivity contribution is 7.14. The Morgan fingerprint density at radius 2 is 2.08 bits per heavy atom. The van der Waals surface area contributed by atoms with Crippen molar-refractivity contribution in [2.45, 2.75) is 19.4 Å². The number of thiazole rings is 1. The van der Waals surface area contributed by atoms with Crippen molar-refractivity contribution in [3.63, 3.8) is 0 Å². The lowest BCUT2D eigenvalue weighted by atomic mass is 10.3. The van der Waals surface area contributed by atoms with Crippen LogP contribution in [0.25, 0.3) is 10.6 Å². The summed E-state index contributed by atoms with van der Waals surface area (Å²) in [6.07, 6.45) is -1.07. The fourth-order valence-corrected chi connectivity index (χ4v) is 3.68. The number of hydrogen-bond donors (Lipinski definition) is 1. The summed E-state index contributed by atoms with van der Waals surface area (Å²) in [5.74, 6) is -1.72. The van der Waals surface area contributed by atoms with Crippen LogP contribution in [0, 0.1) is 5.82 Å². The molecule has 2 aromatic heterocycles. The van der Waals surface area contributed by atoms with Crippen molar-refractivity contribution in [3.05, 3.63) is 58.0 Å². The van der Waals surface area contributed by atoms with Gasteiger partial charge in [0.05, 0.1) is 17.8 Å². The maximum atomic E-state index is 13.6. The van der Waals surface area contributed by atoms with Crippen molar-refractivity contribution in [2.75, 3.05) is 5.32 Å². The first-order valence-corrected chi connectivity index (χ1v) is 9.57. The lowest BCUT2D eigenvalue weighted by Gasteiger charge is -2.13. The molecule has 1 atom stereocenters. The van der Waals surface area contributed by atoms with Gasteiger partial charge in [-0.25, -0.2) is 9.37 Å². The van der Waals surface area contributed by atoms with Gasteiger partial charge < -0.3 is 10.1 Å². The topological polar surface area (TPSA) is 68.3 Å². The molecule has 0 unspecified atom stereocenters. The third kappa shape index (κ3) is 4.53. The lowest BCUT2D eigenvalue weighted by molar-refractivity contribution is -0.152. The van der Waals surface area contributed by atoms with Gasteiger partial charge in [-0.3, -0.25) is 9.59 Å². The lowest BCUT2D eigenvalue weighted by Crippen LogP contribution is -2.30. The van der Waals surface area contributed by atoms with Crippen LogP contribution in [0.3, 0.4) is 0 Å². The Morgan fingerprint density at radius 1 is 1.27 bits per heavy atom. The molecule has 2 heterocycles. The molecule has 0 saturated carbocycles. The zero-order valence-electron chi connectivity index (χ0n) is 13.8. The minimum Gasteiger partial charge on any atom is -0.452 e. The van der Waals surface area contributed by atoms with E-state index >= 15 is 0 Å². The minimum atomic E-state index is -1.04. The first-order chi connectivity index (χ1) is 12.5. The van der Waals surface area contributed by atoms with Crippen molar-refractivity contribution >= 4 is 40.2 Å². The van der Waals surface area contributed by atoms with E-state index in [1.54, 1.807) is 22.8 Å². The third-order valence-electron chi connectivity index (χ3n) is 3.45. The van der Waals surface area contributed by atoms with Crippen LogP contribution >= 0.6 is 22.7 Å². The van der Waals surface area contributed by atoms with E-state index in [0.717, 1.165) is 10.6 Å². The van der Waals surface area contributed by atoms with E-state index in [1.807, 2.05) is 16.8 Å². The van der Waals surface area contributed by atoms with E-state index in [1.165, 1.54) is 36.5 Å². The highest BCUT2D eigenvalue weighted by Gasteiger charge is 2.20. The summed E-state index contributed by atoms with van der Waals surface area (Å²) >= 11 is 3.02. The Labute approximate surface area is 157 Å². The van der Waals surface area contributed by atoms with E-state index < -0.39 is 23.8 Å². The average Bonchev–Trinajstić information content (AvgIpc) is 3.28. The number of benzene rings is 1. The molecule has 5 nitrogen and oxygen atoms in total. The van der Waals surface area contributed by atoms with E-state index in [4.69, 9.17) is 4.74 Å². The molecule has 0 aliphatic heterocycles. The molecule has 3 rings (SSSR count). The number of nitrogens with zero attached hydrogens (tertiary/aromatic N) is 1. The number of rotatable bonds is 6. The Kier molecular flexibility index (Phi) is 5.75. The van der Waals surface area contributed by atoms with Crippen molar-refractivity contribution < 1.29 is 18.7 Å². The van der Waals surface area contributed by atoms with E-state index in [9.17, 15) is 14.0 Å². The van der Waals surface area contributed by atoms with Crippen LogP contribution < -0.4 is 5.32 Å². The van der Waals surface area contributed by atoms with Crippen molar-refractivity contribution in [2.24, 2.45) is 0 Å². The third-order valence-corrected chi connectivity index (χ3v) is 5.08. The molecule has 0 aliphatic rings. The predicted octanol–water partition coefficient (Wildman–Crippen LogP) is 4.12. The van der Waals surface area contributed by atoms with Crippen molar-refractivity contribution in [3.8, 4) is 10.6 Å². The standard InChI is InChI=1S/C18H15FN2O3S2/c1-11(17(23)21-15-5-3-2-4-14(15)19)24-16(22)8-13-10-26-18(20-13)12-6-7-25-9-12/h2-7,9-11H,8H2,1H3,(H,21,23)/t11-/m1/s1. The van der Waals surface area contributed by atoms with Crippen molar-refractivity contribution in [1.82, 2.24) is 4.98 Å². The molecule has 0 fully saturated rings. The summed E-state index contributed by atoms with van der Waals surface area (Å²) in [4.78, 5) is 28.5. The fourth-order valence-electron chi connectivity index (χ4n) is 2.14. The van der Waals surface area contributed by atoms with Crippen LogP contribution in [0.4, 0.5) is 10.1 Å². The molecule has 0 saturated heterocycles. The van der Waals surface area contributed by atoms with E-state index in [0.29, 0.717) is 5.69 Å². The number of halogens is 1. The second kappa shape index (κ2) is 8.20. The SMILES string of the molecule is C[C@@H](OC(=O)Cc1csc(-c2ccsc2)n1)C(=O)Nc1ccccc1F. The van der Waals surface area contributed by atoms with Crippen LogP contribution in [0.5, 0.6) is 0 Å². The molecule has 8 heteroatoms. The molecule has 26 heavy (non-hydrogen) atoms. The smallest absolute Gasteiger partial charge is 0.312 e.